The van der Waals surface area contributed by atoms with E-state index in [1.807, 2.05) is 0 Å². The molecule has 17 heavy (non-hydrogen) atoms. The van der Waals surface area contributed by atoms with E-state index >= 15 is 0 Å². The van der Waals surface area contributed by atoms with Crippen LogP contribution < -0.4 is 5.32 Å². The van der Waals surface area contributed by atoms with Gasteiger partial charge in [-0.25, -0.2) is 0 Å². The fourth-order valence-corrected chi connectivity index (χ4v) is 2.64. The highest BCUT2D eigenvalue weighted by molar-refractivity contribution is 9.10. The number of nitrogens with one attached hydrogen (secondary N) is 1. The topological polar surface area (TPSA) is 38.3 Å². The molecule has 5 heteroatoms. The van der Waals surface area contributed by atoms with Crippen molar-refractivity contribution in [1.29, 1.82) is 0 Å². The first-order chi connectivity index (χ1) is 8.16. The quantitative estimate of drug-likeness (QED) is 0.910. The highest BCUT2D eigenvalue weighted by atomic mass is 79.9. The summed E-state index contributed by atoms with van der Waals surface area (Å²) >= 11 is 9.18. The molecule has 2 rings (SSSR count). The van der Waals surface area contributed by atoms with Gasteiger partial charge in [-0.05, 0) is 47.0 Å². The summed E-state index contributed by atoms with van der Waals surface area (Å²) in [5.74, 6) is -0.0690. The molecule has 92 valence electrons. The Hall–Kier alpha value is -0.580. The van der Waals surface area contributed by atoms with Gasteiger partial charge in [0, 0.05) is 28.8 Å². The van der Waals surface area contributed by atoms with Crippen LogP contribution in [0.15, 0.2) is 22.7 Å². The van der Waals surface area contributed by atoms with Crippen molar-refractivity contribution in [2.75, 3.05) is 13.2 Å². The molecule has 1 heterocycles. The number of benzene rings is 1. The standard InChI is InChI=1S/C12H13BrClNO2/c13-11-7-8(14)1-2-10(11)12(16)15-9-3-5-17-6-4-9/h1-2,7,9H,3-6H2,(H,15,16). The smallest absolute Gasteiger partial charge is 0.252 e. The summed E-state index contributed by atoms with van der Waals surface area (Å²) in [6.07, 6.45) is 1.74. The molecule has 1 N–H and O–H groups in total. The molecule has 0 unspecified atom stereocenters. The molecule has 0 spiro atoms. The number of halogens is 2. The van der Waals surface area contributed by atoms with Crippen molar-refractivity contribution in [2.24, 2.45) is 0 Å². The minimum Gasteiger partial charge on any atom is -0.381 e. The zero-order valence-corrected chi connectivity index (χ0v) is 11.6. The second-order valence-corrected chi connectivity index (χ2v) is 5.28. The van der Waals surface area contributed by atoms with Crippen LogP contribution in [0, 0.1) is 0 Å². The Morgan fingerprint density at radius 2 is 2.12 bits per heavy atom. The third-order valence-corrected chi connectivity index (χ3v) is 3.62. The molecule has 0 saturated carbocycles. The van der Waals surface area contributed by atoms with Crippen LogP contribution in [0.1, 0.15) is 23.2 Å². The first-order valence-electron chi connectivity index (χ1n) is 5.50. The third-order valence-electron chi connectivity index (χ3n) is 2.73. The number of carbonyl (C=O) groups is 1. The van der Waals surface area contributed by atoms with E-state index in [9.17, 15) is 4.79 Å². The predicted octanol–water partition coefficient (Wildman–Crippen LogP) is 3.01. The van der Waals surface area contributed by atoms with E-state index in [1.54, 1.807) is 18.2 Å². The van der Waals surface area contributed by atoms with Gasteiger partial charge in [0.05, 0.1) is 5.56 Å². The SMILES string of the molecule is O=C(NC1CCOCC1)c1ccc(Cl)cc1Br. The van der Waals surface area contributed by atoms with E-state index in [0.717, 1.165) is 17.3 Å². The normalized spacial score (nSPS) is 16.8. The molecular formula is C12H13BrClNO2. The molecule has 1 amide bonds. The van der Waals surface area contributed by atoms with Crippen molar-refractivity contribution >= 4 is 33.4 Å². The molecular weight excluding hydrogens is 305 g/mol. The van der Waals surface area contributed by atoms with Gasteiger partial charge in [-0.3, -0.25) is 4.79 Å². The number of ether oxygens (including phenoxy) is 1. The fraction of sp³-hybridized carbons (Fsp3) is 0.417. The maximum Gasteiger partial charge on any atom is 0.252 e. The third kappa shape index (κ3) is 3.44. The summed E-state index contributed by atoms with van der Waals surface area (Å²) in [6.45, 7) is 1.43. The largest absolute Gasteiger partial charge is 0.381 e. The van der Waals surface area contributed by atoms with Crippen LogP contribution in [0.2, 0.25) is 5.02 Å². The van der Waals surface area contributed by atoms with Gasteiger partial charge in [0.15, 0.2) is 0 Å². The Kier molecular flexibility index (Phi) is 4.42. The van der Waals surface area contributed by atoms with Crippen molar-refractivity contribution in [1.82, 2.24) is 5.32 Å². The number of carbonyl (C=O) groups excluding carboxylic acids is 1. The van der Waals surface area contributed by atoms with Gasteiger partial charge in [-0.15, -0.1) is 0 Å². The molecule has 1 aliphatic rings. The minimum atomic E-state index is -0.0690. The highest BCUT2D eigenvalue weighted by Crippen LogP contribution is 2.21. The lowest BCUT2D eigenvalue weighted by molar-refractivity contribution is 0.0696. The molecule has 0 radical (unpaired) electrons. The average Bonchev–Trinajstić information content (AvgIpc) is 2.30. The van der Waals surface area contributed by atoms with E-state index in [0.29, 0.717) is 23.8 Å². The van der Waals surface area contributed by atoms with Crippen LogP contribution in [-0.4, -0.2) is 25.2 Å². The Labute approximate surface area is 114 Å². The van der Waals surface area contributed by atoms with Crippen molar-refractivity contribution < 1.29 is 9.53 Å². The number of rotatable bonds is 2. The zero-order valence-electron chi connectivity index (χ0n) is 9.21. The van der Waals surface area contributed by atoms with E-state index in [4.69, 9.17) is 16.3 Å². The average molecular weight is 319 g/mol. The van der Waals surface area contributed by atoms with Gasteiger partial charge in [-0.2, -0.15) is 0 Å². The van der Waals surface area contributed by atoms with Gasteiger partial charge < -0.3 is 10.1 Å². The van der Waals surface area contributed by atoms with Gasteiger partial charge in [0.2, 0.25) is 0 Å². The highest BCUT2D eigenvalue weighted by Gasteiger charge is 2.18. The molecule has 1 aromatic rings. The van der Waals surface area contributed by atoms with Gasteiger partial charge in [0.1, 0.15) is 0 Å². The lowest BCUT2D eigenvalue weighted by Gasteiger charge is -2.23. The monoisotopic (exact) mass is 317 g/mol. The van der Waals surface area contributed by atoms with Crippen LogP contribution in [-0.2, 0) is 4.74 Å². The first kappa shape index (κ1) is 12.9. The predicted molar refractivity (Wildman–Crippen MR) is 70.5 cm³/mol. The summed E-state index contributed by atoms with van der Waals surface area (Å²) in [6, 6.07) is 5.37. The maximum atomic E-state index is 12.0. The van der Waals surface area contributed by atoms with Crippen LogP contribution >= 0.6 is 27.5 Å². The van der Waals surface area contributed by atoms with E-state index in [2.05, 4.69) is 21.2 Å². The first-order valence-corrected chi connectivity index (χ1v) is 6.67. The molecule has 1 aromatic carbocycles. The van der Waals surface area contributed by atoms with E-state index < -0.39 is 0 Å². The van der Waals surface area contributed by atoms with Crippen molar-refractivity contribution in [3.8, 4) is 0 Å². The Morgan fingerprint density at radius 1 is 1.41 bits per heavy atom. The van der Waals surface area contributed by atoms with Crippen LogP contribution in [0.25, 0.3) is 0 Å². The number of hydrogen-bond donors (Lipinski definition) is 1. The molecule has 3 nitrogen and oxygen atoms in total. The number of hydrogen-bond acceptors (Lipinski definition) is 2. The second-order valence-electron chi connectivity index (χ2n) is 3.98. The molecule has 0 bridgehead atoms. The van der Waals surface area contributed by atoms with Gasteiger partial charge >= 0.3 is 0 Å². The molecule has 0 atom stereocenters. The lowest BCUT2D eigenvalue weighted by Crippen LogP contribution is -2.39. The van der Waals surface area contributed by atoms with Gasteiger partial charge in [0.25, 0.3) is 5.91 Å². The van der Waals surface area contributed by atoms with E-state index in [-0.39, 0.29) is 11.9 Å². The molecule has 1 fully saturated rings. The summed E-state index contributed by atoms with van der Waals surface area (Å²) in [5, 5.41) is 3.61. The molecule has 1 aliphatic heterocycles. The summed E-state index contributed by atoms with van der Waals surface area (Å²) < 4.78 is 5.97. The Morgan fingerprint density at radius 3 is 2.76 bits per heavy atom. The maximum absolute atomic E-state index is 12.0. The van der Waals surface area contributed by atoms with Crippen molar-refractivity contribution in [3.05, 3.63) is 33.3 Å². The second kappa shape index (κ2) is 5.85. The fourth-order valence-electron chi connectivity index (χ4n) is 1.78. The minimum absolute atomic E-state index is 0.0690. The van der Waals surface area contributed by atoms with Crippen LogP contribution in [0.4, 0.5) is 0 Å². The zero-order chi connectivity index (χ0) is 12.3. The lowest BCUT2D eigenvalue weighted by atomic mass is 10.1. The molecule has 0 aromatic heterocycles. The Bertz CT molecular complexity index is 419. The Balaban J connectivity index is 2.03. The van der Waals surface area contributed by atoms with Crippen molar-refractivity contribution in [2.45, 2.75) is 18.9 Å². The van der Waals surface area contributed by atoms with Crippen molar-refractivity contribution in [3.63, 3.8) is 0 Å². The van der Waals surface area contributed by atoms with Crippen LogP contribution in [0.3, 0.4) is 0 Å². The summed E-state index contributed by atoms with van der Waals surface area (Å²) in [5.41, 5.74) is 0.612. The molecule has 1 saturated heterocycles. The number of amides is 1. The molecule has 0 aliphatic carbocycles. The van der Waals surface area contributed by atoms with E-state index in [1.165, 1.54) is 0 Å². The summed E-state index contributed by atoms with van der Waals surface area (Å²) in [7, 11) is 0. The van der Waals surface area contributed by atoms with Crippen LogP contribution in [0.5, 0.6) is 0 Å². The summed E-state index contributed by atoms with van der Waals surface area (Å²) in [4.78, 5) is 12.0. The van der Waals surface area contributed by atoms with Gasteiger partial charge in [-0.1, -0.05) is 11.6 Å².